The Kier molecular flexibility index (Phi) is 4.66. The summed E-state index contributed by atoms with van der Waals surface area (Å²) in [5.74, 6) is 1.82. The zero-order chi connectivity index (χ0) is 13.7. The van der Waals surface area contributed by atoms with Crippen LogP contribution >= 0.6 is 0 Å². The van der Waals surface area contributed by atoms with Gasteiger partial charge in [-0.25, -0.2) is 0 Å². The van der Waals surface area contributed by atoms with E-state index in [-0.39, 0.29) is 11.8 Å². The molecule has 1 amide bonds. The number of fused-ring (bicyclic) bond motifs is 1. The first-order valence-corrected chi connectivity index (χ1v) is 6.87. The second-order valence-electron chi connectivity index (χ2n) is 4.83. The average Bonchev–Trinajstić information content (AvgIpc) is 2.46. The Hall–Kier alpha value is -1.71. The van der Waals surface area contributed by atoms with Crippen molar-refractivity contribution in [3.63, 3.8) is 0 Å². The molecule has 0 radical (unpaired) electrons. The first-order chi connectivity index (χ1) is 9.20. The number of hydrogen-bond donors (Lipinski definition) is 1. The molecule has 1 aliphatic heterocycles. The molecule has 0 spiro atoms. The summed E-state index contributed by atoms with van der Waals surface area (Å²) in [6.07, 6.45) is 1.68. The summed E-state index contributed by atoms with van der Waals surface area (Å²) >= 11 is 0. The molecule has 104 valence electrons. The van der Waals surface area contributed by atoms with Crippen LogP contribution in [-0.2, 0) is 11.2 Å². The number of rotatable bonds is 5. The first-order valence-electron chi connectivity index (χ1n) is 6.87. The van der Waals surface area contributed by atoms with Crippen molar-refractivity contribution in [2.24, 2.45) is 5.92 Å². The van der Waals surface area contributed by atoms with Gasteiger partial charge in [0.2, 0.25) is 5.91 Å². The topological polar surface area (TPSA) is 47.6 Å². The number of carbonyl (C=O) groups excluding carboxylic acids is 1. The van der Waals surface area contributed by atoms with Crippen molar-refractivity contribution in [3.05, 3.63) is 23.8 Å². The van der Waals surface area contributed by atoms with Crippen LogP contribution < -0.4 is 14.8 Å². The van der Waals surface area contributed by atoms with Crippen LogP contribution in [0.4, 0.5) is 0 Å². The number of carbonyl (C=O) groups is 1. The van der Waals surface area contributed by atoms with E-state index in [1.54, 1.807) is 0 Å². The molecule has 4 heteroatoms. The number of benzene rings is 1. The third-order valence-corrected chi connectivity index (χ3v) is 3.38. The van der Waals surface area contributed by atoms with Crippen molar-refractivity contribution in [3.8, 4) is 11.5 Å². The molecule has 1 N–H and O–H groups in total. The van der Waals surface area contributed by atoms with Crippen LogP contribution in [0.3, 0.4) is 0 Å². The van der Waals surface area contributed by atoms with Crippen LogP contribution in [0.2, 0.25) is 0 Å². The Balaban J connectivity index is 1.85. The second-order valence-corrected chi connectivity index (χ2v) is 4.83. The summed E-state index contributed by atoms with van der Waals surface area (Å²) in [4.78, 5) is 11.6. The average molecular weight is 263 g/mol. The quantitative estimate of drug-likeness (QED) is 0.885. The van der Waals surface area contributed by atoms with Crippen molar-refractivity contribution in [1.29, 1.82) is 0 Å². The minimum atomic E-state index is 0.0836. The molecule has 4 nitrogen and oxygen atoms in total. The van der Waals surface area contributed by atoms with Gasteiger partial charge in [0.25, 0.3) is 0 Å². The molecule has 1 atom stereocenters. The highest BCUT2D eigenvalue weighted by molar-refractivity contribution is 5.78. The molecule has 19 heavy (non-hydrogen) atoms. The minimum Gasteiger partial charge on any atom is -0.486 e. The lowest BCUT2D eigenvalue weighted by molar-refractivity contribution is -0.124. The van der Waals surface area contributed by atoms with Gasteiger partial charge < -0.3 is 14.8 Å². The molecule has 1 aromatic rings. The smallest absolute Gasteiger partial charge is 0.222 e. The van der Waals surface area contributed by atoms with E-state index < -0.39 is 0 Å². The lowest BCUT2D eigenvalue weighted by Gasteiger charge is -2.19. The summed E-state index contributed by atoms with van der Waals surface area (Å²) in [5, 5.41) is 2.95. The largest absolute Gasteiger partial charge is 0.486 e. The van der Waals surface area contributed by atoms with Crippen LogP contribution in [0.15, 0.2) is 18.2 Å². The lowest BCUT2D eigenvalue weighted by Crippen LogP contribution is -2.30. The summed E-state index contributed by atoms with van der Waals surface area (Å²) < 4.78 is 11.0. The molecule has 1 aliphatic rings. The maximum Gasteiger partial charge on any atom is 0.222 e. The molecule has 0 bridgehead atoms. The van der Waals surface area contributed by atoms with E-state index >= 15 is 0 Å². The molecule has 1 aromatic carbocycles. The molecule has 2 rings (SSSR count). The Morgan fingerprint density at radius 2 is 2.05 bits per heavy atom. The molecule has 1 heterocycles. The number of amides is 1. The molecule has 0 fully saturated rings. The summed E-state index contributed by atoms with van der Waals surface area (Å²) in [5.41, 5.74) is 1.15. The van der Waals surface area contributed by atoms with E-state index in [2.05, 4.69) is 5.32 Å². The van der Waals surface area contributed by atoms with Crippen LogP contribution in [0.5, 0.6) is 11.5 Å². The fraction of sp³-hybridized carbons (Fsp3) is 0.533. The van der Waals surface area contributed by atoms with E-state index in [0.717, 1.165) is 29.9 Å². The Morgan fingerprint density at radius 1 is 1.32 bits per heavy atom. The van der Waals surface area contributed by atoms with Crippen LogP contribution in [0, 0.1) is 5.92 Å². The van der Waals surface area contributed by atoms with Crippen molar-refractivity contribution in [2.75, 3.05) is 19.8 Å². The monoisotopic (exact) mass is 263 g/mol. The minimum absolute atomic E-state index is 0.0836. The van der Waals surface area contributed by atoms with E-state index in [0.29, 0.717) is 19.8 Å². The molecule has 1 unspecified atom stereocenters. The van der Waals surface area contributed by atoms with Crippen LogP contribution in [0.1, 0.15) is 25.8 Å². The highest BCUT2D eigenvalue weighted by Crippen LogP contribution is 2.30. The third-order valence-electron chi connectivity index (χ3n) is 3.38. The van der Waals surface area contributed by atoms with Crippen LogP contribution in [-0.4, -0.2) is 25.7 Å². The van der Waals surface area contributed by atoms with Crippen molar-refractivity contribution in [1.82, 2.24) is 5.32 Å². The zero-order valence-corrected chi connectivity index (χ0v) is 11.6. The summed E-state index contributed by atoms with van der Waals surface area (Å²) in [6.45, 7) is 5.83. The van der Waals surface area contributed by atoms with Gasteiger partial charge in [0.05, 0.1) is 0 Å². The Labute approximate surface area is 114 Å². The fourth-order valence-electron chi connectivity index (χ4n) is 1.93. The van der Waals surface area contributed by atoms with Gasteiger partial charge in [0.15, 0.2) is 11.5 Å². The molecule has 0 aliphatic carbocycles. The van der Waals surface area contributed by atoms with E-state index in [9.17, 15) is 4.79 Å². The Morgan fingerprint density at radius 3 is 2.79 bits per heavy atom. The van der Waals surface area contributed by atoms with E-state index in [1.807, 2.05) is 32.0 Å². The van der Waals surface area contributed by atoms with Gasteiger partial charge in [-0.15, -0.1) is 0 Å². The van der Waals surface area contributed by atoms with Crippen molar-refractivity contribution in [2.45, 2.75) is 26.7 Å². The van der Waals surface area contributed by atoms with E-state index in [4.69, 9.17) is 9.47 Å². The molecule has 0 saturated carbocycles. The maximum atomic E-state index is 11.6. The predicted octanol–water partition coefficient (Wildman–Crippen LogP) is 2.16. The fourth-order valence-corrected chi connectivity index (χ4v) is 1.93. The van der Waals surface area contributed by atoms with Gasteiger partial charge in [-0.1, -0.05) is 19.9 Å². The van der Waals surface area contributed by atoms with Crippen molar-refractivity contribution >= 4 is 5.91 Å². The lowest BCUT2D eigenvalue weighted by atomic mass is 10.1. The van der Waals surface area contributed by atoms with Gasteiger partial charge in [0.1, 0.15) is 13.2 Å². The number of ether oxygens (including phenoxy) is 2. The van der Waals surface area contributed by atoms with Gasteiger partial charge in [-0.05, 0) is 30.5 Å². The van der Waals surface area contributed by atoms with Gasteiger partial charge >= 0.3 is 0 Å². The maximum absolute atomic E-state index is 11.6. The van der Waals surface area contributed by atoms with E-state index in [1.165, 1.54) is 0 Å². The normalized spacial score (nSPS) is 14.8. The van der Waals surface area contributed by atoms with Gasteiger partial charge in [-0.2, -0.15) is 0 Å². The SMILES string of the molecule is CCC(C)C(=O)NCCc1ccc2c(c1)OCCO2. The first kappa shape index (κ1) is 13.7. The zero-order valence-electron chi connectivity index (χ0n) is 11.6. The Bertz CT molecular complexity index is 445. The summed E-state index contributed by atoms with van der Waals surface area (Å²) in [7, 11) is 0. The number of nitrogens with one attached hydrogen (secondary N) is 1. The second kappa shape index (κ2) is 6.45. The van der Waals surface area contributed by atoms with Gasteiger partial charge in [0, 0.05) is 12.5 Å². The third kappa shape index (κ3) is 3.63. The number of hydrogen-bond acceptors (Lipinski definition) is 3. The van der Waals surface area contributed by atoms with Crippen molar-refractivity contribution < 1.29 is 14.3 Å². The molecule has 0 saturated heterocycles. The summed E-state index contributed by atoms with van der Waals surface area (Å²) in [6, 6.07) is 5.94. The van der Waals surface area contributed by atoms with Crippen LogP contribution in [0.25, 0.3) is 0 Å². The molecular formula is C15H21NO3. The molecule has 0 aromatic heterocycles. The van der Waals surface area contributed by atoms with Gasteiger partial charge in [-0.3, -0.25) is 4.79 Å². The predicted molar refractivity (Wildman–Crippen MR) is 73.6 cm³/mol. The highest BCUT2D eigenvalue weighted by Gasteiger charge is 2.12. The molecular weight excluding hydrogens is 242 g/mol. The standard InChI is InChI=1S/C15H21NO3/c1-3-11(2)15(17)16-7-6-12-4-5-13-14(10-12)19-9-8-18-13/h4-5,10-11H,3,6-9H2,1-2H3,(H,16,17). The highest BCUT2D eigenvalue weighted by atomic mass is 16.6.